The Balaban J connectivity index is 1.53. The molecular formula is C10H16N2S. The van der Waals surface area contributed by atoms with Crippen LogP contribution in [-0.2, 0) is 6.42 Å². The molecule has 2 heterocycles. The summed E-state index contributed by atoms with van der Waals surface area (Å²) in [6.45, 7) is 4.70. The molecule has 2 rings (SSSR count). The highest BCUT2D eigenvalue weighted by molar-refractivity contribution is 7.09. The topological polar surface area (TPSA) is 24.1 Å². The van der Waals surface area contributed by atoms with E-state index in [1.165, 1.54) is 30.9 Å². The van der Waals surface area contributed by atoms with Gasteiger partial charge < -0.3 is 10.6 Å². The lowest BCUT2D eigenvalue weighted by Crippen LogP contribution is -2.47. The molecule has 1 aromatic rings. The maximum Gasteiger partial charge on any atom is 0.00578 e. The first-order valence-corrected chi connectivity index (χ1v) is 5.77. The first-order chi connectivity index (χ1) is 6.45. The van der Waals surface area contributed by atoms with Gasteiger partial charge in [-0.3, -0.25) is 0 Å². The molecule has 2 nitrogen and oxygen atoms in total. The molecular weight excluding hydrogens is 180 g/mol. The first kappa shape index (κ1) is 9.19. The van der Waals surface area contributed by atoms with Gasteiger partial charge >= 0.3 is 0 Å². The van der Waals surface area contributed by atoms with Crippen LogP contribution in [-0.4, -0.2) is 26.2 Å². The Labute approximate surface area is 83.4 Å². The Morgan fingerprint density at radius 2 is 2.46 bits per heavy atom. The van der Waals surface area contributed by atoms with E-state index in [1.54, 1.807) is 0 Å². The number of hydrogen-bond donors (Lipinski definition) is 2. The second-order valence-electron chi connectivity index (χ2n) is 3.56. The minimum Gasteiger partial charge on any atom is -0.316 e. The van der Waals surface area contributed by atoms with E-state index in [9.17, 15) is 0 Å². The monoisotopic (exact) mass is 196 g/mol. The Kier molecular flexibility index (Phi) is 3.35. The zero-order chi connectivity index (χ0) is 8.93. The fraction of sp³-hybridized carbons (Fsp3) is 0.600. The number of nitrogens with one attached hydrogen (secondary N) is 2. The highest BCUT2D eigenvalue weighted by Crippen LogP contribution is 2.08. The first-order valence-electron chi connectivity index (χ1n) is 4.89. The van der Waals surface area contributed by atoms with Crippen molar-refractivity contribution in [3.63, 3.8) is 0 Å². The third kappa shape index (κ3) is 2.79. The van der Waals surface area contributed by atoms with Crippen molar-refractivity contribution >= 4 is 11.3 Å². The minimum absolute atomic E-state index is 0.878. The summed E-state index contributed by atoms with van der Waals surface area (Å²) in [7, 11) is 0. The number of rotatable bonds is 5. The summed E-state index contributed by atoms with van der Waals surface area (Å²) in [5.41, 5.74) is 0. The predicted molar refractivity (Wildman–Crippen MR) is 57.3 cm³/mol. The molecule has 1 aliphatic rings. The van der Waals surface area contributed by atoms with E-state index in [4.69, 9.17) is 0 Å². The van der Waals surface area contributed by atoms with E-state index in [-0.39, 0.29) is 0 Å². The second kappa shape index (κ2) is 4.74. The Bertz CT molecular complexity index is 229. The van der Waals surface area contributed by atoms with Crippen LogP contribution in [0.4, 0.5) is 0 Å². The van der Waals surface area contributed by atoms with Gasteiger partial charge in [0, 0.05) is 24.5 Å². The molecule has 0 radical (unpaired) electrons. The number of hydrogen-bond acceptors (Lipinski definition) is 3. The second-order valence-corrected chi connectivity index (χ2v) is 4.59. The summed E-state index contributed by atoms with van der Waals surface area (Å²) < 4.78 is 0. The van der Waals surface area contributed by atoms with Crippen LogP contribution in [0.25, 0.3) is 0 Å². The van der Waals surface area contributed by atoms with Crippen LogP contribution < -0.4 is 10.6 Å². The fourth-order valence-electron chi connectivity index (χ4n) is 1.47. The summed E-state index contributed by atoms with van der Waals surface area (Å²) >= 11 is 1.85. The lowest BCUT2D eigenvalue weighted by molar-refractivity contribution is 0.333. The minimum atomic E-state index is 0.878. The van der Waals surface area contributed by atoms with Gasteiger partial charge in [0.05, 0.1) is 0 Å². The van der Waals surface area contributed by atoms with Crippen molar-refractivity contribution in [3.8, 4) is 0 Å². The smallest absolute Gasteiger partial charge is 0.00578 e. The summed E-state index contributed by atoms with van der Waals surface area (Å²) in [5.74, 6) is 0.878. The molecule has 72 valence electrons. The average Bonchev–Trinajstić information content (AvgIpc) is 2.53. The van der Waals surface area contributed by atoms with E-state index < -0.39 is 0 Å². The normalized spacial score (nSPS) is 17.2. The highest BCUT2D eigenvalue weighted by Gasteiger charge is 2.15. The van der Waals surface area contributed by atoms with Gasteiger partial charge in [-0.1, -0.05) is 6.07 Å². The maximum atomic E-state index is 3.49. The van der Waals surface area contributed by atoms with Gasteiger partial charge in [0.1, 0.15) is 0 Å². The molecule has 1 fully saturated rings. The van der Waals surface area contributed by atoms with E-state index in [0.717, 1.165) is 12.5 Å². The number of thiophene rings is 1. The molecule has 0 bridgehead atoms. The third-order valence-corrected chi connectivity index (χ3v) is 3.36. The van der Waals surface area contributed by atoms with Gasteiger partial charge in [0.15, 0.2) is 0 Å². The van der Waals surface area contributed by atoms with Crippen molar-refractivity contribution in [2.45, 2.75) is 6.42 Å². The van der Waals surface area contributed by atoms with Crippen LogP contribution in [0.15, 0.2) is 17.5 Å². The van der Waals surface area contributed by atoms with Crippen molar-refractivity contribution in [3.05, 3.63) is 22.4 Å². The van der Waals surface area contributed by atoms with Crippen LogP contribution in [0, 0.1) is 5.92 Å². The van der Waals surface area contributed by atoms with Gasteiger partial charge in [0.2, 0.25) is 0 Å². The van der Waals surface area contributed by atoms with Crippen molar-refractivity contribution in [1.82, 2.24) is 10.6 Å². The summed E-state index contributed by atoms with van der Waals surface area (Å²) in [6.07, 6.45) is 1.18. The quantitative estimate of drug-likeness (QED) is 0.689. The zero-order valence-electron chi connectivity index (χ0n) is 7.75. The lowest BCUT2D eigenvalue weighted by atomic mass is 10.0. The molecule has 1 saturated heterocycles. The van der Waals surface area contributed by atoms with Gasteiger partial charge in [-0.25, -0.2) is 0 Å². The zero-order valence-corrected chi connectivity index (χ0v) is 8.57. The van der Waals surface area contributed by atoms with E-state index in [2.05, 4.69) is 28.1 Å². The fourth-order valence-corrected chi connectivity index (χ4v) is 2.17. The molecule has 0 aliphatic carbocycles. The van der Waals surface area contributed by atoms with Gasteiger partial charge in [-0.15, -0.1) is 11.3 Å². The van der Waals surface area contributed by atoms with Gasteiger partial charge in [-0.2, -0.15) is 0 Å². The average molecular weight is 196 g/mol. The van der Waals surface area contributed by atoms with Crippen molar-refractivity contribution in [2.75, 3.05) is 26.2 Å². The van der Waals surface area contributed by atoms with E-state index >= 15 is 0 Å². The molecule has 2 N–H and O–H groups in total. The Morgan fingerprint density at radius 3 is 3.08 bits per heavy atom. The molecule has 1 aliphatic heterocycles. The van der Waals surface area contributed by atoms with Crippen LogP contribution >= 0.6 is 11.3 Å². The molecule has 0 spiro atoms. The molecule has 0 saturated carbocycles. The van der Waals surface area contributed by atoms with Crippen molar-refractivity contribution in [2.24, 2.45) is 5.92 Å². The van der Waals surface area contributed by atoms with Crippen LogP contribution in [0.2, 0.25) is 0 Å². The Morgan fingerprint density at radius 1 is 1.54 bits per heavy atom. The standard InChI is InChI=1S/C10H16N2S/c1-2-10(13-5-1)3-4-11-6-9-7-12-8-9/h1-2,5,9,11-12H,3-4,6-8H2. The van der Waals surface area contributed by atoms with Gasteiger partial charge in [0.25, 0.3) is 0 Å². The van der Waals surface area contributed by atoms with Crippen LogP contribution in [0.1, 0.15) is 4.88 Å². The Hall–Kier alpha value is -0.380. The molecule has 0 amide bonds. The lowest BCUT2D eigenvalue weighted by Gasteiger charge is -2.27. The van der Waals surface area contributed by atoms with Gasteiger partial charge in [-0.05, 0) is 30.3 Å². The molecule has 3 heteroatoms. The van der Waals surface area contributed by atoms with Crippen LogP contribution in [0.5, 0.6) is 0 Å². The van der Waals surface area contributed by atoms with Crippen molar-refractivity contribution < 1.29 is 0 Å². The SMILES string of the molecule is c1csc(CCNCC2CNC2)c1. The highest BCUT2D eigenvalue weighted by atomic mass is 32.1. The van der Waals surface area contributed by atoms with E-state index in [0.29, 0.717) is 0 Å². The molecule has 0 unspecified atom stereocenters. The van der Waals surface area contributed by atoms with Crippen LogP contribution in [0.3, 0.4) is 0 Å². The third-order valence-electron chi connectivity index (χ3n) is 2.43. The van der Waals surface area contributed by atoms with Crippen molar-refractivity contribution in [1.29, 1.82) is 0 Å². The molecule has 13 heavy (non-hydrogen) atoms. The summed E-state index contributed by atoms with van der Waals surface area (Å²) in [5, 5.41) is 8.91. The molecule has 0 aromatic carbocycles. The molecule has 0 atom stereocenters. The molecule has 1 aromatic heterocycles. The largest absolute Gasteiger partial charge is 0.316 e. The predicted octanol–water partition coefficient (Wildman–Crippen LogP) is 1.10. The maximum absolute atomic E-state index is 3.49. The van der Waals surface area contributed by atoms with E-state index in [1.807, 2.05) is 11.3 Å². The summed E-state index contributed by atoms with van der Waals surface area (Å²) in [4.78, 5) is 1.49. The summed E-state index contributed by atoms with van der Waals surface area (Å²) in [6, 6.07) is 4.33.